The van der Waals surface area contributed by atoms with Gasteiger partial charge < -0.3 is 20.1 Å². The average Bonchev–Trinajstić information content (AvgIpc) is 3.26. The van der Waals surface area contributed by atoms with Crippen LogP contribution in [0.1, 0.15) is 23.3 Å². The van der Waals surface area contributed by atoms with Crippen LogP contribution in [-0.2, 0) is 16.4 Å². The van der Waals surface area contributed by atoms with Gasteiger partial charge in [-0.3, -0.25) is 0 Å². The Morgan fingerprint density at radius 1 is 1.06 bits per heavy atom. The topological polar surface area (TPSA) is 92.2 Å². The predicted molar refractivity (Wildman–Crippen MR) is 141 cm³/mol. The molecule has 8 nitrogen and oxygen atoms in total. The van der Waals surface area contributed by atoms with E-state index in [9.17, 15) is 8.42 Å². The number of anilines is 3. The molecule has 2 N–H and O–H groups in total. The van der Waals surface area contributed by atoms with Gasteiger partial charge in [-0.2, -0.15) is 4.98 Å². The molecule has 2 aromatic carbocycles. The molecule has 1 aliphatic rings. The molecule has 1 atom stereocenters. The number of hydrogen-bond donors (Lipinski definition) is 2. The molecule has 5 rings (SSSR count). The van der Waals surface area contributed by atoms with Crippen LogP contribution in [0.3, 0.4) is 0 Å². The van der Waals surface area contributed by atoms with Crippen molar-refractivity contribution in [2.45, 2.75) is 18.7 Å². The largest absolute Gasteiger partial charge is 0.369 e. The predicted octanol–water partition coefficient (Wildman–Crippen LogP) is 3.74. The standard InChI is InChI=1S/C26H30N6O2S/c1-19(35(2,33)34)24-6-4-3-5-21(24)18-32-14-11-20-17-28-26(30-25(20)32)29-22-7-9-23(10-8-22)31-15-12-27-13-16-31/h3-11,14,17,19,27H,12-13,15-16,18H2,1-2H3,(H,28,29,30). The van der Waals surface area contributed by atoms with E-state index in [0.717, 1.165) is 54.0 Å². The zero-order valence-corrected chi connectivity index (χ0v) is 20.8. The first-order valence-corrected chi connectivity index (χ1v) is 13.8. The Bertz CT molecular complexity index is 1430. The Morgan fingerprint density at radius 3 is 2.54 bits per heavy atom. The van der Waals surface area contributed by atoms with Crippen LogP contribution in [-0.4, -0.2) is 55.4 Å². The van der Waals surface area contributed by atoms with E-state index in [2.05, 4.69) is 32.7 Å². The van der Waals surface area contributed by atoms with E-state index in [0.29, 0.717) is 12.5 Å². The summed E-state index contributed by atoms with van der Waals surface area (Å²) < 4.78 is 26.4. The highest BCUT2D eigenvalue weighted by atomic mass is 32.2. The van der Waals surface area contributed by atoms with Gasteiger partial charge in [-0.15, -0.1) is 0 Å². The van der Waals surface area contributed by atoms with E-state index in [1.807, 2.05) is 53.2 Å². The van der Waals surface area contributed by atoms with E-state index >= 15 is 0 Å². The van der Waals surface area contributed by atoms with Gasteiger partial charge in [0.15, 0.2) is 9.84 Å². The summed E-state index contributed by atoms with van der Waals surface area (Å²) in [5.74, 6) is 0.519. The minimum Gasteiger partial charge on any atom is -0.369 e. The third-order valence-electron chi connectivity index (χ3n) is 6.58. The van der Waals surface area contributed by atoms with Crippen LogP contribution in [0.25, 0.3) is 11.0 Å². The highest BCUT2D eigenvalue weighted by molar-refractivity contribution is 7.90. The second-order valence-electron chi connectivity index (χ2n) is 9.00. The molecular formula is C26H30N6O2S. The molecule has 1 fully saturated rings. The molecule has 3 heterocycles. The Labute approximate surface area is 205 Å². The van der Waals surface area contributed by atoms with E-state index in [1.54, 1.807) is 13.1 Å². The first-order chi connectivity index (χ1) is 16.9. The Hall–Kier alpha value is -3.43. The van der Waals surface area contributed by atoms with Gasteiger partial charge in [-0.05, 0) is 48.4 Å². The van der Waals surface area contributed by atoms with Crippen LogP contribution >= 0.6 is 0 Å². The molecule has 0 amide bonds. The fourth-order valence-corrected chi connectivity index (χ4v) is 5.15. The number of aromatic nitrogens is 3. The second-order valence-corrected chi connectivity index (χ2v) is 11.4. The summed E-state index contributed by atoms with van der Waals surface area (Å²) in [4.78, 5) is 11.6. The highest BCUT2D eigenvalue weighted by Crippen LogP contribution is 2.27. The summed E-state index contributed by atoms with van der Waals surface area (Å²) in [5.41, 5.74) is 4.70. The highest BCUT2D eigenvalue weighted by Gasteiger charge is 2.20. The third-order valence-corrected chi connectivity index (χ3v) is 8.12. The summed E-state index contributed by atoms with van der Waals surface area (Å²) in [6.45, 7) is 6.29. The van der Waals surface area contributed by atoms with Crippen molar-refractivity contribution in [3.05, 3.63) is 78.1 Å². The van der Waals surface area contributed by atoms with Gasteiger partial charge in [-0.1, -0.05) is 24.3 Å². The molecule has 1 saturated heterocycles. The van der Waals surface area contributed by atoms with Gasteiger partial charge in [0, 0.05) is 68.1 Å². The lowest BCUT2D eigenvalue weighted by molar-refractivity contribution is 0.589. The number of hydrogen-bond acceptors (Lipinski definition) is 7. The lowest BCUT2D eigenvalue weighted by atomic mass is 10.1. The van der Waals surface area contributed by atoms with Crippen LogP contribution in [0.15, 0.2) is 67.0 Å². The quantitative estimate of drug-likeness (QED) is 0.408. The van der Waals surface area contributed by atoms with E-state index in [-0.39, 0.29) is 0 Å². The SMILES string of the molecule is CC(c1ccccc1Cn1ccc2cnc(Nc3ccc(N4CCNCC4)cc3)nc21)S(C)(=O)=O. The minimum atomic E-state index is -3.20. The molecule has 0 aliphatic carbocycles. The van der Waals surface area contributed by atoms with Gasteiger partial charge >= 0.3 is 0 Å². The fourth-order valence-electron chi connectivity index (χ4n) is 4.46. The maximum absolute atomic E-state index is 12.2. The van der Waals surface area contributed by atoms with Crippen molar-refractivity contribution in [3.63, 3.8) is 0 Å². The molecule has 0 saturated carbocycles. The Morgan fingerprint density at radius 2 is 1.80 bits per heavy atom. The number of sulfone groups is 1. The zero-order valence-electron chi connectivity index (χ0n) is 20.0. The smallest absolute Gasteiger partial charge is 0.229 e. The zero-order chi connectivity index (χ0) is 24.4. The van der Waals surface area contributed by atoms with Crippen molar-refractivity contribution in [2.24, 2.45) is 0 Å². The summed E-state index contributed by atoms with van der Waals surface area (Å²) in [6, 6.07) is 18.0. The van der Waals surface area contributed by atoms with Crippen molar-refractivity contribution in [2.75, 3.05) is 42.7 Å². The molecule has 182 valence electrons. The Kier molecular flexibility index (Phi) is 6.44. The number of piperazine rings is 1. The summed E-state index contributed by atoms with van der Waals surface area (Å²) in [5, 5.41) is 7.04. The molecule has 1 aliphatic heterocycles. The monoisotopic (exact) mass is 490 g/mol. The van der Waals surface area contributed by atoms with Crippen LogP contribution in [0.4, 0.5) is 17.3 Å². The number of benzene rings is 2. The van der Waals surface area contributed by atoms with Gasteiger partial charge in [0.2, 0.25) is 5.95 Å². The molecule has 1 unspecified atom stereocenters. The molecule has 9 heteroatoms. The molecule has 0 radical (unpaired) electrons. The number of nitrogens with zero attached hydrogens (tertiary/aromatic N) is 4. The number of fused-ring (bicyclic) bond motifs is 1. The van der Waals surface area contributed by atoms with Crippen molar-refractivity contribution in [1.82, 2.24) is 19.9 Å². The maximum Gasteiger partial charge on any atom is 0.229 e. The van der Waals surface area contributed by atoms with Crippen LogP contribution < -0.4 is 15.5 Å². The Balaban J connectivity index is 1.37. The molecule has 2 aromatic heterocycles. The number of rotatable bonds is 7. The summed E-state index contributed by atoms with van der Waals surface area (Å²) >= 11 is 0. The summed E-state index contributed by atoms with van der Waals surface area (Å²) in [7, 11) is -3.20. The number of nitrogens with one attached hydrogen (secondary N) is 2. The van der Waals surface area contributed by atoms with Crippen LogP contribution in [0, 0.1) is 0 Å². The molecule has 0 bridgehead atoms. The van der Waals surface area contributed by atoms with Gasteiger partial charge in [-0.25, -0.2) is 13.4 Å². The van der Waals surface area contributed by atoms with Crippen LogP contribution in [0.5, 0.6) is 0 Å². The van der Waals surface area contributed by atoms with Gasteiger partial charge in [0.25, 0.3) is 0 Å². The van der Waals surface area contributed by atoms with E-state index in [1.165, 1.54) is 11.9 Å². The third kappa shape index (κ3) is 5.16. The molecule has 35 heavy (non-hydrogen) atoms. The normalized spacial score (nSPS) is 15.3. The summed E-state index contributed by atoms with van der Waals surface area (Å²) in [6.07, 6.45) is 5.05. The minimum absolute atomic E-state index is 0.519. The van der Waals surface area contributed by atoms with E-state index in [4.69, 9.17) is 4.98 Å². The molecule has 4 aromatic rings. The first-order valence-electron chi connectivity index (χ1n) is 11.8. The average molecular weight is 491 g/mol. The van der Waals surface area contributed by atoms with Crippen molar-refractivity contribution >= 4 is 38.2 Å². The van der Waals surface area contributed by atoms with Crippen molar-refractivity contribution < 1.29 is 8.42 Å². The van der Waals surface area contributed by atoms with Gasteiger partial charge in [0.05, 0.1) is 5.25 Å². The molecular weight excluding hydrogens is 460 g/mol. The maximum atomic E-state index is 12.2. The lowest BCUT2D eigenvalue weighted by Crippen LogP contribution is -2.43. The molecule has 0 spiro atoms. The van der Waals surface area contributed by atoms with Crippen molar-refractivity contribution in [1.29, 1.82) is 0 Å². The fraction of sp³-hybridized carbons (Fsp3) is 0.308. The second kappa shape index (κ2) is 9.67. The first kappa shape index (κ1) is 23.3. The lowest BCUT2D eigenvalue weighted by Gasteiger charge is -2.29. The van der Waals surface area contributed by atoms with Crippen LogP contribution in [0.2, 0.25) is 0 Å². The van der Waals surface area contributed by atoms with E-state index < -0.39 is 15.1 Å². The van der Waals surface area contributed by atoms with Gasteiger partial charge in [0.1, 0.15) is 5.65 Å². The van der Waals surface area contributed by atoms with Crippen molar-refractivity contribution in [3.8, 4) is 0 Å².